The second kappa shape index (κ2) is 8.39. The summed E-state index contributed by atoms with van der Waals surface area (Å²) in [6.07, 6.45) is 2.55. The van der Waals surface area contributed by atoms with Crippen LogP contribution in [0.15, 0.2) is 24.3 Å². The minimum absolute atomic E-state index is 0.0838. The van der Waals surface area contributed by atoms with Crippen LogP contribution in [0.5, 0.6) is 11.5 Å². The quantitative estimate of drug-likeness (QED) is 0.722. The van der Waals surface area contributed by atoms with E-state index in [1.165, 1.54) is 0 Å². The fraction of sp³-hybridized carbons (Fsp3) is 0.500. The first kappa shape index (κ1) is 14.4. The van der Waals surface area contributed by atoms with Gasteiger partial charge in [0.15, 0.2) is 11.5 Å². The smallest absolute Gasteiger partial charge is 0.220 e. The first-order valence-corrected chi connectivity index (χ1v) is 6.30. The number of unbranched alkanes of at least 4 members (excludes halogenated alkanes) is 1. The van der Waals surface area contributed by atoms with E-state index in [1.807, 2.05) is 24.3 Å². The maximum absolute atomic E-state index is 11.3. The van der Waals surface area contributed by atoms with Crippen LogP contribution in [0.1, 0.15) is 26.2 Å². The molecule has 0 atom stereocenters. The molecule has 0 fully saturated rings. The number of carbonyl (C=O) groups excluding carboxylic acids is 1. The maximum atomic E-state index is 11.3. The summed E-state index contributed by atoms with van der Waals surface area (Å²) in [5.74, 6) is 1.48. The highest BCUT2D eigenvalue weighted by Crippen LogP contribution is 2.25. The van der Waals surface area contributed by atoms with Gasteiger partial charge < -0.3 is 14.8 Å². The van der Waals surface area contributed by atoms with Crippen LogP contribution >= 0.6 is 0 Å². The first-order chi connectivity index (χ1) is 8.77. The molecule has 4 heteroatoms. The third-order valence-electron chi connectivity index (χ3n) is 2.51. The number of ether oxygens (including phenoxy) is 2. The van der Waals surface area contributed by atoms with E-state index in [2.05, 4.69) is 12.2 Å². The number of nitrogens with one attached hydrogen (secondary N) is 1. The number of amides is 1. The third kappa shape index (κ3) is 5.08. The van der Waals surface area contributed by atoms with E-state index >= 15 is 0 Å². The van der Waals surface area contributed by atoms with Gasteiger partial charge in [-0.05, 0) is 18.6 Å². The highest BCUT2D eigenvalue weighted by molar-refractivity contribution is 5.75. The predicted molar refractivity (Wildman–Crippen MR) is 71.0 cm³/mol. The van der Waals surface area contributed by atoms with Gasteiger partial charge in [0, 0.05) is 6.42 Å². The predicted octanol–water partition coefficient (Wildman–Crippen LogP) is 2.38. The summed E-state index contributed by atoms with van der Waals surface area (Å²) in [7, 11) is 1.61. The largest absolute Gasteiger partial charge is 0.493 e. The minimum atomic E-state index is 0.0838. The summed E-state index contributed by atoms with van der Waals surface area (Å²) in [5, 5.41) is 2.82. The molecule has 0 aliphatic carbocycles. The monoisotopic (exact) mass is 251 g/mol. The Labute approximate surface area is 108 Å². The molecule has 1 aromatic carbocycles. The zero-order valence-electron chi connectivity index (χ0n) is 11.1. The van der Waals surface area contributed by atoms with Crippen molar-refractivity contribution in [2.75, 3.05) is 20.3 Å². The van der Waals surface area contributed by atoms with Gasteiger partial charge >= 0.3 is 0 Å². The number of hydrogen-bond donors (Lipinski definition) is 1. The average molecular weight is 251 g/mol. The van der Waals surface area contributed by atoms with Crippen molar-refractivity contribution in [2.45, 2.75) is 26.2 Å². The number of methoxy groups -OCH3 is 1. The van der Waals surface area contributed by atoms with E-state index < -0.39 is 0 Å². The van der Waals surface area contributed by atoms with Crippen LogP contribution in [0.2, 0.25) is 0 Å². The van der Waals surface area contributed by atoms with Gasteiger partial charge in [-0.3, -0.25) is 4.79 Å². The van der Waals surface area contributed by atoms with Gasteiger partial charge in [-0.2, -0.15) is 0 Å². The number of para-hydroxylation sites is 2. The highest BCUT2D eigenvalue weighted by Gasteiger charge is 2.03. The van der Waals surface area contributed by atoms with Crippen LogP contribution in [-0.2, 0) is 4.79 Å². The fourth-order valence-electron chi connectivity index (χ4n) is 1.52. The molecule has 0 aliphatic rings. The molecule has 4 nitrogen and oxygen atoms in total. The molecule has 1 aromatic rings. The Morgan fingerprint density at radius 1 is 1.28 bits per heavy atom. The van der Waals surface area contributed by atoms with E-state index in [9.17, 15) is 4.79 Å². The van der Waals surface area contributed by atoms with Crippen molar-refractivity contribution in [3.63, 3.8) is 0 Å². The van der Waals surface area contributed by atoms with E-state index in [4.69, 9.17) is 9.47 Å². The third-order valence-corrected chi connectivity index (χ3v) is 2.51. The molecular weight excluding hydrogens is 230 g/mol. The van der Waals surface area contributed by atoms with Gasteiger partial charge in [-0.1, -0.05) is 25.5 Å². The zero-order chi connectivity index (χ0) is 13.2. The molecule has 0 unspecified atom stereocenters. The Morgan fingerprint density at radius 3 is 2.67 bits per heavy atom. The Kier molecular flexibility index (Phi) is 6.69. The van der Waals surface area contributed by atoms with Gasteiger partial charge in [-0.25, -0.2) is 0 Å². The Balaban J connectivity index is 2.23. The van der Waals surface area contributed by atoms with Crippen molar-refractivity contribution in [3.05, 3.63) is 24.3 Å². The molecule has 0 saturated heterocycles. The number of carbonyl (C=O) groups is 1. The van der Waals surface area contributed by atoms with Crippen molar-refractivity contribution in [1.82, 2.24) is 5.32 Å². The lowest BCUT2D eigenvalue weighted by Gasteiger charge is -2.10. The van der Waals surface area contributed by atoms with Gasteiger partial charge in [0.25, 0.3) is 0 Å². The lowest BCUT2D eigenvalue weighted by atomic mass is 10.2. The molecule has 0 saturated carbocycles. The Hall–Kier alpha value is -1.71. The van der Waals surface area contributed by atoms with Gasteiger partial charge in [0.05, 0.1) is 13.7 Å². The molecule has 1 rings (SSSR count). The highest BCUT2D eigenvalue weighted by atomic mass is 16.5. The van der Waals surface area contributed by atoms with Crippen LogP contribution in [-0.4, -0.2) is 26.2 Å². The minimum Gasteiger partial charge on any atom is -0.493 e. The van der Waals surface area contributed by atoms with Crippen molar-refractivity contribution < 1.29 is 14.3 Å². The van der Waals surface area contributed by atoms with E-state index in [-0.39, 0.29) is 5.91 Å². The second-order valence-electron chi connectivity index (χ2n) is 3.95. The molecule has 1 amide bonds. The van der Waals surface area contributed by atoms with E-state index in [0.717, 1.165) is 12.8 Å². The SMILES string of the molecule is CCCCC(=O)NCCOc1ccccc1OC. The number of rotatable bonds is 8. The van der Waals surface area contributed by atoms with Crippen molar-refractivity contribution in [3.8, 4) is 11.5 Å². The maximum Gasteiger partial charge on any atom is 0.220 e. The molecule has 0 bridgehead atoms. The topological polar surface area (TPSA) is 47.6 Å². The van der Waals surface area contributed by atoms with Crippen molar-refractivity contribution in [1.29, 1.82) is 0 Å². The van der Waals surface area contributed by atoms with Gasteiger partial charge in [-0.15, -0.1) is 0 Å². The van der Waals surface area contributed by atoms with Crippen LogP contribution < -0.4 is 14.8 Å². The Bertz CT molecular complexity index is 366. The molecule has 0 aromatic heterocycles. The van der Waals surface area contributed by atoms with Crippen LogP contribution in [0.25, 0.3) is 0 Å². The van der Waals surface area contributed by atoms with E-state index in [0.29, 0.717) is 31.1 Å². The molecule has 0 heterocycles. The molecule has 0 radical (unpaired) electrons. The molecular formula is C14H21NO3. The summed E-state index contributed by atoms with van der Waals surface area (Å²) in [6, 6.07) is 7.46. The second-order valence-corrected chi connectivity index (χ2v) is 3.95. The van der Waals surface area contributed by atoms with Crippen LogP contribution in [0.3, 0.4) is 0 Å². The Morgan fingerprint density at radius 2 is 2.00 bits per heavy atom. The van der Waals surface area contributed by atoms with Crippen LogP contribution in [0.4, 0.5) is 0 Å². The first-order valence-electron chi connectivity index (χ1n) is 6.30. The van der Waals surface area contributed by atoms with Gasteiger partial charge in [0.1, 0.15) is 6.61 Å². The lowest BCUT2D eigenvalue weighted by molar-refractivity contribution is -0.121. The van der Waals surface area contributed by atoms with Crippen molar-refractivity contribution in [2.24, 2.45) is 0 Å². The summed E-state index contributed by atoms with van der Waals surface area (Å²) < 4.78 is 10.7. The summed E-state index contributed by atoms with van der Waals surface area (Å²) in [4.78, 5) is 11.3. The molecule has 18 heavy (non-hydrogen) atoms. The van der Waals surface area contributed by atoms with Crippen LogP contribution in [0, 0.1) is 0 Å². The normalized spacial score (nSPS) is 9.89. The van der Waals surface area contributed by atoms with Crippen molar-refractivity contribution >= 4 is 5.91 Å². The standard InChI is InChI=1S/C14H21NO3/c1-3-4-9-14(16)15-10-11-18-13-8-6-5-7-12(13)17-2/h5-8H,3-4,9-11H2,1-2H3,(H,15,16). The number of benzene rings is 1. The molecule has 1 N–H and O–H groups in total. The molecule has 0 spiro atoms. The molecule has 0 aliphatic heterocycles. The summed E-state index contributed by atoms with van der Waals surface area (Å²) in [6.45, 7) is 3.02. The zero-order valence-corrected chi connectivity index (χ0v) is 11.1. The summed E-state index contributed by atoms with van der Waals surface area (Å²) in [5.41, 5.74) is 0. The average Bonchev–Trinajstić information content (AvgIpc) is 2.41. The lowest BCUT2D eigenvalue weighted by Crippen LogP contribution is -2.27. The van der Waals surface area contributed by atoms with Gasteiger partial charge in [0.2, 0.25) is 5.91 Å². The summed E-state index contributed by atoms with van der Waals surface area (Å²) >= 11 is 0. The molecule has 100 valence electrons. The fourth-order valence-corrected chi connectivity index (χ4v) is 1.52. The van der Waals surface area contributed by atoms with E-state index in [1.54, 1.807) is 7.11 Å². The number of hydrogen-bond acceptors (Lipinski definition) is 3.